The van der Waals surface area contributed by atoms with E-state index in [4.69, 9.17) is 16.3 Å². The monoisotopic (exact) mass is 294 g/mol. The van der Waals surface area contributed by atoms with E-state index < -0.39 is 0 Å². The lowest BCUT2D eigenvalue weighted by Gasteiger charge is -2.26. The van der Waals surface area contributed by atoms with Crippen LogP contribution >= 0.6 is 11.6 Å². The fourth-order valence-corrected chi connectivity index (χ4v) is 2.75. The molecule has 1 saturated heterocycles. The van der Waals surface area contributed by atoms with Gasteiger partial charge < -0.3 is 9.30 Å². The number of alkyl halides is 1. The van der Waals surface area contributed by atoms with E-state index >= 15 is 0 Å². The number of ether oxygens (including phenoxy) is 1. The second-order valence-electron chi connectivity index (χ2n) is 4.92. The van der Waals surface area contributed by atoms with Crippen molar-refractivity contribution < 1.29 is 4.74 Å². The van der Waals surface area contributed by atoms with Gasteiger partial charge in [-0.15, -0.1) is 11.6 Å². The van der Waals surface area contributed by atoms with Crippen LogP contribution in [0.15, 0.2) is 18.3 Å². The zero-order valence-electron chi connectivity index (χ0n) is 11.5. The van der Waals surface area contributed by atoms with Crippen LogP contribution in [0.1, 0.15) is 5.82 Å². The van der Waals surface area contributed by atoms with Crippen molar-refractivity contribution in [2.24, 2.45) is 0 Å². The maximum absolute atomic E-state index is 5.88. The average molecular weight is 295 g/mol. The van der Waals surface area contributed by atoms with Crippen molar-refractivity contribution >= 4 is 22.8 Å². The molecule has 0 radical (unpaired) electrons. The number of hydrogen-bond acceptors (Lipinski definition) is 4. The molecule has 5 nitrogen and oxygen atoms in total. The molecule has 1 aliphatic rings. The van der Waals surface area contributed by atoms with Crippen molar-refractivity contribution in [1.29, 1.82) is 0 Å². The lowest BCUT2D eigenvalue weighted by atomic mass is 10.4. The predicted octanol–water partition coefficient (Wildman–Crippen LogP) is 1.54. The van der Waals surface area contributed by atoms with Gasteiger partial charge in [0.1, 0.15) is 11.3 Å². The molecular formula is C14H19ClN4O. The van der Waals surface area contributed by atoms with Crippen molar-refractivity contribution in [2.45, 2.75) is 13.0 Å². The SMILES string of the molecule is ClCCc1nc2cccnc2n1CCN1CCOCC1. The number of nitrogens with zero attached hydrogens (tertiary/aromatic N) is 4. The second kappa shape index (κ2) is 6.52. The molecule has 0 bridgehead atoms. The third-order valence-electron chi connectivity index (χ3n) is 3.64. The minimum Gasteiger partial charge on any atom is -0.379 e. The van der Waals surface area contributed by atoms with Crippen LogP contribution in [0.5, 0.6) is 0 Å². The highest BCUT2D eigenvalue weighted by atomic mass is 35.5. The molecule has 0 N–H and O–H groups in total. The fourth-order valence-electron chi connectivity index (χ4n) is 2.58. The van der Waals surface area contributed by atoms with Gasteiger partial charge in [-0.1, -0.05) is 0 Å². The average Bonchev–Trinajstić information content (AvgIpc) is 2.84. The van der Waals surface area contributed by atoms with E-state index in [9.17, 15) is 0 Å². The van der Waals surface area contributed by atoms with Gasteiger partial charge in [0.2, 0.25) is 0 Å². The summed E-state index contributed by atoms with van der Waals surface area (Å²) >= 11 is 5.88. The number of aryl methyl sites for hydroxylation is 1. The van der Waals surface area contributed by atoms with Gasteiger partial charge in [-0.05, 0) is 12.1 Å². The number of rotatable bonds is 5. The van der Waals surface area contributed by atoms with Crippen LogP contribution in [0.2, 0.25) is 0 Å². The first-order valence-electron chi connectivity index (χ1n) is 7.04. The maximum Gasteiger partial charge on any atom is 0.160 e. The molecule has 0 aromatic carbocycles. The molecule has 0 aliphatic carbocycles. The van der Waals surface area contributed by atoms with Crippen LogP contribution in [0.3, 0.4) is 0 Å². The number of pyridine rings is 1. The topological polar surface area (TPSA) is 43.2 Å². The smallest absolute Gasteiger partial charge is 0.160 e. The Labute approximate surface area is 123 Å². The van der Waals surface area contributed by atoms with Crippen LogP contribution in [0.4, 0.5) is 0 Å². The van der Waals surface area contributed by atoms with Crippen LogP contribution in [0.25, 0.3) is 11.2 Å². The Kier molecular flexibility index (Phi) is 4.50. The molecule has 20 heavy (non-hydrogen) atoms. The van der Waals surface area contributed by atoms with E-state index in [1.807, 2.05) is 18.3 Å². The van der Waals surface area contributed by atoms with Gasteiger partial charge in [0, 0.05) is 44.7 Å². The molecule has 1 fully saturated rings. The predicted molar refractivity (Wildman–Crippen MR) is 79.2 cm³/mol. The minimum absolute atomic E-state index is 0.584. The van der Waals surface area contributed by atoms with Gasteiger partial charge in [-0.3, -0.25) is 4.90 Å². The summed E-state index contributed by atoms with van der Waals surface area (Å²) in [5.74, 6) is 1.61. The van der Waals surface area contributed by atoms with Crippen LogP contribution < -0.4 is 0 Å². The molecule has 0 atom stereocenters. The number of aromatic nitrogens is 3. The first-order chi connectivity index (χ1) is 9.88. The Bertz CT molecular complexity index is 565. The Hall–Kier alpha value is -1.17. The zero-order chi connectivity index (χ0) is 13.8. The van der Waals surface area contributed by atoms with Crippen molar-refractivity contribution in [3.63, 3.8) is 0 Å². The fraction of sp³-hybridized carbons (Fsp3) is 0.571. The first-order valence-corrected chi connectivity index (χ1v) is 7.58. The Morgan fingerprint density at radius 3 is 2.90 bits per heavy atom. The van der Waals surface area contributed by atoms with E-state index in [0.29, 0.717) is 5.88 Å². The summed E-state index contributed by atoms with van der Waals surface area (Å²) < 4.78 is 7.58. The van der Waals surface area contributed by atoms with Crippen molar-refractivity contribution in [1.82, 2.24) is 19.4 Å². The van der Waals surface area contributed by atoms with Crippen LogP contribution in [-0.4, -0.2) is 58.2 Å². The van der Waals surface area contributed by atoms with Gasteiger partial charge in [0.05, 0.1) is 13.2 Å². The Morgan fingerprint density at radius 1 is 1.25 bits per heavy atom. The third-order valence-corrected chi connectivity index (χ3v) is 3.83. The zero-order valence-corrected chi connectivity index (χ0v) is 12.2. The highest BCUT2D eigenvalue weighted by Crippen LogP contribution is 2.14. The molecule has 1 aliphatic heterocycles. The summed E-state index contributed by atoms with van der Waals surface area (Å²) in [5, 5.41) is 0. The molecule has 6 heteroatoms. The number of imidazole rings is 1. The highest BCUT2D eigenvalue weighted by molar-refractivity contribution is 6.17. The van der Waals surface area contributed by atoms with Crippen molar-refractivity contribution in [2.75, 3.05) is 38.7 Å². The molecule has 2 aromatic rings. The van der Waals surface area contributed by atoms with Gasteiger partial charge in [0.15, 0.2) is 5.65 Å². The lowest BCUT2D eigenvalue weighted by molar-refractivity contribution is 0.0364. The van der Waals surface area contributed by atoms with Gasteiger partial charge >= 0.3 is 0 Å². The molecule has 0 unspecified atom stereocenters. The van der Waals surface area contributed by atoms with Crippen LogP contribution in [-0.2, 0) is 17.7 Å². The standard InChI is InChI=1S/C14H19ClN4O/c15-4-3-13-17-12-2-1-5-16-14(12)19(13)7-6-18-8-10-20-11-9-18/h1-2,5H,3-4,6-11H2. The van der Waals surface area contributed by atoms with E-state index in [1.54, 1.807) is 0 Å². The van der Waals surface area contributed by atoms with E-state index in [1.165, 1.54) is 0 Å². The molecule has 0 spiro atoms. The number of fused-ring (bicyclic) bond motifs is 1. The van der Waals surface area contributed by atoms with Crippen LogP contribution in [0, 0.1) is 0 Å². The quantitative estimate of drug-likeness (QED) is 0.785. The minimum atomic E-state index is 0.584. The third kappa shape index (κ3) is 2.95. The Balaban J connectivity index is 1.79. The Morgan fingerprint density at radius 2 is 2.10 bits per heavy atom. The molecule has 0 amide bonds. The first kappa shape index (κ1) is 13.8. The van der Waals surface area contributed by atoms with Crippen molar-refractivity contribution in [3.8, 4) is 0 Å². The summed E-state index contributed by atoms with van der Waals surface area (Å²) in [6.07, 6.45) is 2.60. The van der Waals surface area contributed by atoms with Gasteiger partial charge in [-0.2, -0.15) is 0 Å². The molecule has 108 valence electrons. The lowest BCUT2D eigenvalue weighted by Crippen LogP contribution is -2.38. The largest absolute Gasteiger partial charge is 0.379 e. The summed E-state index contributed by atoms with van der Waals surface area (Å²) in [6.45, 7) is 5.57. The molecular weight excluding hydrogens is 276 g/mol. The highest BCUT2D eigenvalue weighted by Gasteiger charge is 2.14. The molecule has 3 rings (SSSR count). The number of halogens is 1. The summed E-state index contributed by atoms with van der Waals surface area (Å²) in [7, 11) is 0. The van der Waals surface area contributed by atoms with Crippen molar-refractivity contribution in [3.05, 3.63) is 24.2 Å². The maximum atomic E-state index is 5.88. The van der Waals surface area contributed by atoms with Gasteiger partial charge in [0.25, 0.3) is 0 Å². The normalized spacial score (nSPS) is 16.9. The van der Waals surface area contributed by atoms with Gasteiger partial charge in [-0.25, -0.2) is 9.97 Å². The molecule has 3 heterocycles. The van der Waals surface area contributed by atoms with E-state index in [0.717, 1.165) is 62.8 Å². The number of morpholine rings is 1. The second-order valence-corrected chi connectivity index (χ2v) is 5.30. The molecule has 0 saturated carbocycles. The summed E-state index contributed by atoms with van der Waals surface area (Å²) in [6, 6.07) is 3.93. The summed E-state index contributed by atoms with van der Waals surface area (Å²) in [4.78, 5) is 11.5. The summed E-state index contributed by atoms with van der Waals surface area (Å²) in [5.41, 5.74) is 1.91. The molecule has 2 aromatic heterocycles. The van der Waals surface area contributed by atoms with E-state index in [-0.39, 0.29) is 0 Å². The van der Waals surface area contributed by atoms with E-state index in [2.05, 4.69) is 19.4 Å². The number of hydrogen-bond donors (Lipinski definition) is 0.